The minimum Gasteiger partial charge on any atom is -0.390 e. The normalized spacial score (nSPS) is 29.1. The third-order valence-electron chi connectivity index (χ3n) is 13.2. The van der Waals surface area contributed by atoms with Crippen LogP contribution in [0.2, 0.25) is 10.1 Å². The monoisotopic (exact) mass is 875 g/mol. The lowest BCUT2D eigenvalue weighted by Gasteiger charge is -2.61. The van der Waals surface area contributed by atoms with Gasteiger partial charge >= 0.3 is 8.56 Å². The molecule has 0 spiro atoms. The van der Waals surface area contributed by atoms with E-state index in [0.29, 0.717) is 52.3 Å². The maximum absolute atomic E-state index is 10.9. The maximum Gasteiger partial charge on any atom is 0.349 e. The molecular weight excluding hydrogens is 807 g/mol. The zero-order chi connectivity index (χ0) is 44.9. The van der Waals surface area contributed by atoms with E-state index in [1.807, 2.05) is 54.6 Å². The molecule has 63 heavy (non-hydrogen) atoms. The topological polar surface area (TPSA) is 97.6 Å². The number of rotatable bonds is 16. The molecule has 3 aliphatic heterocycles. The summed E-state index contributed by atoms with van der Waals surface area (Å²) in [6, 6.07) is 37.5. The van der Waals surface area contributed by atoms with E-state index in [4.69, 9.17) is 37.3 Å². The fourth-order valence-corrected chi connectivity index (χ4v) is 15.2. The molecular formula is C53H69NO8Si. The average molecular weight is 876 g/mol. The molecule has 9 atom stereocenters. The van der Waals surface area contributed by atoms with Crippen LogP contribution in [0.3, 0.4) is 0 Å². The van der Waals surface area contributed by atoms with E-state index in [1.165, 1.54) is 5.39 Å². The second-order valence-electron chi connectivity index (χ2n) is 20.3. The fourth-order valence-electron chi connectivity index (χ4n) is 10.1. The highest BCUT2D eigenvalue weighted by Gasteiger charge is 2.66. The first-order chi connectivity index (χ1) is 30.0. The Morgan fingerprint density at radius 1 is 0.778 bits per heavy atom. The molecule has 0 saturated carbocycles. The van der Waals surface area contributed by atoms with Gasteiger partial charge in [0, 0.05) is 29.3 Å². The lowest BCUT2D eigenvalue weighted by Crippen LogP contribution is -2.73. The zero-order valence-corrected chi connectivity index (χ0v) is 39.7. The van der Waals surface area contributed by atoms with Crippen molar-refractivity contribution < 1.29 is 37.3 Å². The molecule has 3 heterocycles. The third kappa shape index (κ3) is 10.9. The number of nitrogens with zero attached hydrogens (tertiary/aromatic N) is 1. The van der Waals surface area contributed by atoms with Crippen molar-refractivity contribution in [3.63, 3.8) is 0 Å². The number of fused-ring (bicyclic) bond motifs is 2. The summed E-state index contributed by atoms with van der Waals surface area (Å²) in [7, 11) is -2.84. The van der Waals surface area contributed by atoms with Crippen molar-refractivity contribution in [3.05, 3.63) is 132 Å². The summed E-state index contributed by atoms with van der Waals surface area (Å²) < 4.78 is 55.1. The Bertz CT molecular complexity index is 2140. The first-order valence-electron chi connectivity index (χ1n) is 22.7. The van der Waals surface area contributed by atoms with Gasteiger partial charge in [-0.25, -0.2) is 0 Å². The molecule has 4 aromatic carbocycles. The van der Waals surface area contributed by atoms with Crippen LogP contribution in [-0.4, -0.2) is 75.7 Å². The lowest BCUT2D eigenvalue weighted by atomic mass is 9.80. The van der Waals surface area contributed by atoms with Gasteiger partial charge in [0.25, 0.3) is 0 Å². The highest BCUT2D eigenvalue weighted by molar-refractivity contribution is 6.73. The van der Waals surface area contributed by atoms with Gasteiger partial charge in [-0.1, -0.05) is 145 Å². The Morgan fingerprint density at radius 2 is 1.38 bits per heavy atom. The summed E-state index contributed by atoms with van der Waals surface area (Å²) in [5.41, 5.74) is 1.71. The Kier molecular flexibility index (Phi) is 14.8. The van der Waals surface area contributed by atoms with Gasteiger partial charge in [-0.05, 0) is 53.8 Å². The molecule has 3 saturated heterocycles. The van der Waals surface area contributed by atoms with E-state index in [2.05, 4.69) is 123 Å². The van der Waals surface area contributed by atoms with Crippen molar-refractivity contribution in [1.82, 2.24) is 0 Å². The first kappa shape index (κ1) is 47.2. The molecule has 0 N–H and O–H groups in total. The summed E-state index contributed by atoms with van der Waals surface area (Å²) in [5, 5.41) is 12.8. The van der Waals surface area contributed by atoms with Crippen molar-refractivity contribution >= 4 is 19.3 Å². The third-order valence-corrected chi connectivity index (χ3v) is 18.3. The Balaban J connectivity index is 1.15. The molecule has 3 fully saturated rings. The van der Waals surface area contributed by atoms with E-state index >= 15 is 0 Å². The summed E-state index contributed by atoms with van der Waals surface area (Å²) >= 11 is 0. The predicted molar refractivity (Wildman–Crippen MR) is 249 cm³/mol. The highest BCUT2D eigenvalue weighted by atomic mass is 28.4. The van der Waals surface area contributed by atoms with Gasteiger partial charge in [0.05, 0.1) is 75.2 Å². The quantitative estimate of drug-likeness (QED) is 0.0805. The molecule has 0 aliphatic carbocycles. The second-order valence-corrected chi connectivity index (χ2v) is 25.0. The summed E-state index contributed by atoms with van der Waals surface area (Å²) in [6.45, 7) is 23.5. The van der Waals surface area contributed by atoms with Crippen LogP contribution in [0.15, 0.2) is 116 Å². The van der Waals surface area contributed by atoms with E-state index in [9.17, 15) is 5.26 Å². The molecule has 9 nitrogen and oxygen atoms in total. The Labute approximate surface area is 377 Å². The van der Waals surface area contributed by atoms with Crippen LogP contribution in [0.25, 0.3) is 10.8 Å². The molecule has 0 bridgehead atoms. The molecule has 0 amide bonds. The molecule has 7 rings (SSSR count). The van der Waals surface area contributed by atoms with E-state index in [0.717, 1.165) is 22.1 Å². The van der Waals surface area contributed by atoms with E-state index < -0.39 is 50.3 Å². The summed E-state index contributed by atoms with van der Waals surface area (Å²) in [6.07, 6.45) is 0.479. The van der Waals surface area contributed by atoms with Crippen LogP contribution in [0.5, 0.6) is 0 Å². The van der Waals surface area contributed by atoms with Crippen LogP contribution in [-0.2, 0) is 57.1 Å². The first-order valence-corrected chi connectivity index (χ1v) is 24.6. The smallest absolute Gasteiger partial charge is 0.349 e. The van der Waals surface area contributed by atoms with Crippen molar-refractivity contribution in [2.45, 2.75) is 165 Å². The van der Waals surface area contributed by atoms with E-state index in [1.54, 1.807) is 0 Å². The molecule has 1 unspecified atom stereocenters. The van der Waals surface area contributed by atoms with Crippen LogP contribution in [0.4, 0.5) is 0 Å². The average Bonchev–Trinajstić information content (AvgIpc) is 3.25. The standard InChI is InChI=1S/C53H69NO8Si/c1-10-27-52(8)48(31-49-53(9,62-52)37-58-63(61-49,50(2,3)4)51(5,6)7)59-43(32-54)29-46-44(57-35-40-25-26-41-23-17-18-24-42(41)28-40)30-45(56-34-39-21-15-12-16-22-39)47(60-46)36-55-33-38-19-13-11-14-20-38/h10-26,28,43-49H,1,27,29-31,33-37H2,2-9H3/t43?,44-,45+,46+,47-,48+,49-,52-,53+/m0/s1. The minimum atomic E-state index is -2.84. The number of benzene rings is 4. The Morgan fingerprint density at radius 3 is 2.02 bits per heavy atom. The van der Waals surface area contributed by atoms with Crippen LogP contribution >= 0.6 is 0 Å². The maximum atomic E-state index is 10.9. The number of hydrogen-bond donors (Lipinski definition) is 0. The summed E-state index contributed by atoms with van der Waals surface area (Å²) in [5.74, 6) is 0. The molecule has 338 valence electrons. The fraction of sp³-hybridized carbons (Fsp3) is 0.528. The van der Waals surface area contributed by atoms with Gasteiger partial charge in [-0.2, -0.15) is 5.26 Å². The van der Waals surface area contributed by atoms with Gasteiger partial charge in [0.2, 0.25) is 0 Å². The van der Waals surface area contributed by atoms with Crippen LogP contribution in [0, 0.1) is 11.3 Å². The lowest BCUT2D eigenvalue weighted by molar-refractivity contribution is -0.297. The predicted octanol–water partition coefficient (Wildman–Crippen LogP) is 11.3. The van der Waals surface area contributed by atoms with Crippen molar-refractivity contribution in [2.75, 3.05) is 13.2 Å². The molecule has 0 aromatic heterocycles. The van der Waals surface area contributed by atoms with E-state index in [-0.39, 0.29) is 28.7 Å². The van der Waals surface area contributed by atoms with Gasteiger partial charge in [-0.3, -0.25) is 0 Å². The SMILES string of the molecule is C=CC[C@]1(C)O[C@]2(C)CO[Si](C(C)(C)C)(C(C)(C)C)O[C@H]2C[C@H]1OC(C#N)C[C@H]1O[C@@H](COCc2ccccc2)[C@H](OCc2ccccc2)C[C@@H]1OCc1ccc2ccccc2c1. The number of hydrogen-bond acceptors (Lipinski definition) is 9. The van der Waals surface area contributed by atoms with Gasteiger partial charge < -0.3 is 37.3 Å². The Hall–Kier alpha value is -3.73. The van der Waals surface area contributed by atoms with Gasteiger partial charge in [0.1, 0.15) is 17.8 Å². The van der Waals surface area contributed by atoms with Crippen molar-refractivity contribution in [1.29, 1.82) is 5.26 Å². The zero-order valence-electron chi connectivity index (χ0n) is 38.7. The van der Waals surface area contributed by atoms with Crippen molar-refractivity contribution in [3.8, 4) is 6.07 Å². The minimum absolute atomic E-state index is 0.204. The molecule has 10 heteroatoms. The van der Waals surface area contributed by atoms with Crippen LogP contribution in [0.1, 0.15) is 97.8 Å². The molecule has 3 aliphatic rings. The highest BCUT2D eigenvalue weighted by Crippen LogP contribution is 2.57. The molecule has 0 radical (unpaired) electrons. The number of nitriles is 1. The molecule has 4 aromatic rings. The van der Waals surface area contributed by atoms with Crippen LogP contribution < -0.4 is 0 Å². The van der Waals surface area contributed by atoms with Crippen molar-refractivity contribution in [2.24, 2.45) is 0 Å². The number of ether oxygens (including phenoxy) is 6. The largest absolute Gasteiger partial charge is 0.390 e. The second kappa shape index (κ2) is 19.8. The van der Waals surface area contributed by atoms with Gasteiger partial charge in [-0.15, -0.1) is 6.58 Å². The summed E-state index contributed by atoms with van der Waals surface area (Å²) in [4.78, 5) is 0. The van der Waals surface area contributed by atoms with Gasteiger partial charge in [0.15, 0.2) is 0 Å².